The molecule has 0 aliphatic carbocycles. The molecule has 134 valence electrons. The molecule has 1 atom stereocenters. The Hall–Kier alpha value is -1.93. The first-order valence-corrected chi connectivity index (χ1v) is 10.8. The van der Waals surface area contributed by atoms with Crippen LogP contribution in [0.2, 0.25) is 0 Å². The molecular weight excluding hydrogens is 360 g/mol. The largest absolute Gasteiger partial charge is 0.493 e. The van der Waals surface area contributed by atoms with Gasteiger partial charge in [0.1, 0.15) is 10.8 Å². The van der Waals surface area contributed by atoms with Crippen LogP contribution in [-0.4, -0.2) is 43.5 Å². The third-order valence-electron chi connectivity index (χ3n) is 3.91. The van der Waals surface area contributed by atoms with E-state index in [0.29, 0.717) is 18.7 Å². The van der Waals surface area contributed by atoms with Crippen LogP contribution in [0, 0.1) is 0 Å². The highest BCUT2D eigenvalue weighted by Crippen LogP contribution is 2.32. The minimum absolute atomic E-state index is 0.0305. The molecule has 1 saturated heterocycles. The molecule has 1 N–H and O–H groups in total. The molecule has 8 heteroatoms. The maximum atomic E-state index is 12.1. The highest BCUT2D eigenvalue weighted by molar-refractivity contribution is 7.91. The van der Waals surface area contributed by atoms with Crippen LogP contribution < -0.4 is 10.1 Å². The van der Waals surface area contributed by atoms with Gasteiger partial charge < -0.3 is 10.1 Å². The zero-order valence-electron chi connectivity index (χ0n) is 13.9. The van der Waals surface area contributed by atoms with E-state index in [1.54, 1.807) is 0 Å². The fourth-order valence-electron chi connectivity index (χ4n) is 2.79. The summed E-state index contributed by atoms with van der Waals surface area (Å²) in [6.07, 6.45) is 0.627. The number of amides is 1. The highest BCUT2D eigenvalue weighted by atomic mass is 32.2. The molecule has 0 saturated carbocycles. The van der Waals surface area contributed by atoms with Gasteiger partial charge in [0.15, 0.2) is 9.84 Å². The quantitative estimate of drug-likeness (QED) is 0.829. The normalized spacial score (nSPS) is 18.8. The van der Waals surface area contributed by atoms with Crippen molar-refractivity contribution in [2.75, 3.05) is 18.1 Å². The second-order valence-corrected chi connectivity index (χ2v) is 9.00. The number of nitrogens with one attached hydrogen (secondary N) is 1. The standard InChI is InChI=1S/C17H20N2O4S2/c1-2-23-15-6-4-3-5-14(15)17-19-13(10-24-17)9-16(20)18-12-7-8-25(21,22)11-12/h3-6,10,12H,2,7-9,11H2,1H3,(H,18,20)/t12-/m0/s1. The van der Waals surface area contributed by atoms with E-state index < -0.39 is 9.84 Å². The summed E-state index contributed by atoms with van der Waals surface area (Å²) in [5, 5.41) is 5.44. The van der Waals surface area contributed by atoms with Gasteiger partial charge in [0, 0.05) is 11.4 Å². The molecular formula is C17H20N2O4S2. The number of hydrogen-bond donors (Lipinski definition) is 1. The lowest BCUT2D eigenvalue weighted by atomic mass is 10.2. The van der Waals surface area contributed by atoms with Crippen molar-refractivity contribution in [3.05, 3.63) is 35.3 Å². The number of hydrogen-bond acceptors (Lipinski definition) is 6. The molecule has 0 radical (unpaired) electrons. The third kappa shape index (κ3) is 4.58. The third-order valence-corrected chi connectivity index (χ3v) is 6.60. The van der Waals surface area contributed by atoms with Crippen LogP contribution in [0.4, 0.5) is 0 Å². The number of thiazole rings is 1. The molecule has 6 nitrogen and oxygen atoms in total. The van der Waals surface area contributed by atoms with Crippen molar-refractivity contribution in [3.63, 3.8) is 0 Å². The SMILES string of the molecule is CCOc1ccccc1-c1nc(CC(=O)N[C@H]2CCS(=O)(=O)C2)cs1. The molecule has 1 aliphatic rings. The van der Waals surface area contributed by atoms with Gasteiger partial charge in [0.25, 0.3) is 0 Å². The number of ether oxygens (including phenoxy) is 1. The van der Waals surface area contributed by atoms with Crippen LogP contribution in [-0.2, 0) is 21.1 Å². The summed E-state index contributed by atoms with van der Waals surface area (Å²) in [5.74, 6) is 0.749. The van der Waals surface area contributed by atoms with Gasteiger partial charge in [-0.1, -0.05) is 12.1 Å². The summed E-state index contributed by atoms with van der Waals surface area (Å²) in [6, 6.07) is 7.39. The van der Waals surface area contributed by atoms with Crippen LogP contribution in [0.25, 0.3) is 10.6 Å². The van der Waals surface area contributed by atoms with Gasteiger partial charge in [-0.15, -0.1) is 11.3 Å². The number of sulfone groups is 1. The summed E-state index contributed by atoms with van der Waals surface area (Å²) in [6.45, 7) is 2.50. The van der Waals surface area contributed by atoms with Crippen LogP contribution in [0.15, 0.2) is 29.6 Å². The van der Waals surface area contributed by atoms with E-state index >= 15 is 0 Å². The number of carbonyl (C=O) groups is 1. The lowest BCUT2D eigenvalue weighted by Gasteiger charge is -2.09. The van der Waals surface area contributed by atoms with Crippen molar-refractivity contribution in [3.8, 4) is 16.3 Å². The monoisotopic (exact) mass is 380 g/mol. The lowest BCUT2D eigenvalue weighted by molar-refractivity contribution is -0.121. The Morgan fingerprint density at radius 1 is 1.40 bits per heavy atom. The molecule has 2 heterocycles. The summed E-state index contributed by atoms with van der Waals surface area (Å²) in [4.78, 5) is 16.7. The molecule has 0 bridgehead atoms. The zero-order chi connectivity index (χ0) is 17.9. The maximum Gasteiger partial charge on any atom is 0.226 e. The van der Waals surface area contributed by atoms with Gasteiger partial charge in [0.2, 0.25) is 5.91 Å². The van der Waals surface area contributed by atoms with Crippen molar-refractivity contribution in [1.82, 2.24) is 10.3 Å². The highest BCUT2D eigenvalue weighted by Gasteiger charge is 2.29. The molecule has 1 aromatic carbocycles. The smallest absolute Gasteiger partial charge is 0.226 e. The van der Waals surface area contributed by atoms with Gasteiger partial charge in [-0.2, -0.15) is 0 Å². The molecule has 1 fully saturated rings. The molecule has 25 heavy (non-hydrogen) atoms. The minimum atomic E-state index is -3.00. The first kappa shape index (κ1) is 17.9. The number of benzene rings is 1. The Morgan fingerprint density at radius 2 is 2.20 bits per heavy atom. The van der Waals surface area contributed by atoms with Crippen LogP contribution in [0.5, 0.6) is 5.75 Å². The van der Waals surface area contributed by atoms with Crippen molar-refractivity contribution < 1.29 is 17.9 Å². The fraction of sp³-hybridized carbons (Fsp3) is 0.412. The minimum Gasteiger partial charge on any atom is -0.493 e. The van der Waals surface area contributed by atoms with Gasteiger partial charge in [-0.3, -0.25) is 4.79 Å². The van der Waals surface area contributed by atoms with E-state index in [1.807, 2.05) is 36.6 Å². The van der Waals surface area contributed by atoms with Crippen molar-refractivity contribution in [2.45, 2.75) is 25.8 Å². The van der Waals surface area contributed by atoms with Crippen LogP contribution in [0.3, 0.4) is 0 Å². The van der Waals surface area contributed by atoms with Gasteiger partial charge in [-0.25, -0.2) is 13.4 Å². The summed E-state index contributed by atoms with van der Waals surface area (Å²) in [5.41, 5.74) is 1.58. The lowest BCUT2D eigenvalue weighted by Crippen LogP contribution is -2.36. The van der Waals surface area contributed by atoms with E-state index in [2.05, 4.69) is 10.3 Å². The van der Waals surface area contributed by atoms with Crippen molar-refractivity contribution >= 4 is 27.1 Å². The van der Waals surface area contributed by atoms with E-state index in [9.17, 15) is 13.2 Å². The van der Waals surface area contributed by atoms with E-state index in [0.717, 1.165) is 16.3 Å². The predicted molar refractivity (Wildman–Crippen MR) is 97.6 cm³/mol. The molecule has 1 aromatic heterocycles. The van der Waals surface area contributed by atoms with Gasteiger partial charge >= 0.3 is 0 Å². The zero-order valence-corrected chi connectivity index (χ0v) is 15.5. The number of para-hydroxylation sites is 1. The Balaban J connectivity index is 1.65. The molecule has 2 aromatic rings. The van der Waals surface area contributed by atoms with Gasteiger partial charge in [-0.05, 0) is 25.5 Å². The predicted octanol–water partition coefficient (Wildman–Crippen LogP) is 2.05. The van der Waals surface area contributed by atoms with Gasteiger partial charge in [0.05, 0.1) is 35.8 Å². The van der Waals surface area contributed by atoms with E-state index in [4.69, 9.17) is 4.74 Å². The first-order chi connectivity index (χ1) is 12.0. The summed E-state index contributed by atoms with van der Waals surface area (Å²) in [7, 11) is -3.00. The number of aromatic nitrogens is 1. The Kier molecular flexibility index (Phi) is 5.39. The molecule has 1 aliphatic heterocycles. The van der Waals surface area contributed by atoms with Crippen LogP contribution >= 0.6 is 11.3 Å². The average molecular weight is 380 g/mol. The second kappa shape index (κ2) is 7.53. The van der Waals surface area contributed by atoms with E-state index in [1.165, 1.54) is 11.3 Å². The number of rotatable bonds is 6. The first-order valence-electron chi connectivity index (χ1n) is 8.13. The number of nitrogens with zero attached hydrogens (tertiary/aromatic N) is 1. The topological polar surface area (TPSA) is 85.4 Å². The second-order valence-electron chi connectivity index (χ2n) is 5.92. The Bertz CT molecular complexity index is 861. The Morgan fingerprint density at radius 3 is 2.92 bits per heavy atom. The van der Waals surface area contributed by atoms with Crippen molar-refractivity contribution in [2.24, 2.45) is 0 Å². The Labute approximate surface area is 151 Å². The maximum absolute atomic E-state index is 12.1. The van der Waals surface area contributed by atoms with Crippen molar-refractivity contribution in [1.29, 1.82) is 0 Å². The molecule has 0 unspecified atom stereocenters. The summed E-state index contributed by atoms with van der Waals surface area (Å²) >= 11 is 1.46. The molecule has 3 rings (SSSR count). The molecule has 1 amide bonds. The summed E-state index contributed by atoms with van der Waals surface area (Å²) < 4.78 is 28.5. The fourth-order valence-corrected chi connectivity index (χ4v) is 5.31. The number of carbonyl (C=O) groups excluding carboxylic acids is 1. The average Bonchev–Trinajstić information content (AvgIpc) is 3.14. The molecule has 0 spiro atoms. The van der Waals surface area contributed by atoms with Crippen LogP contribution in [0.1, 0.15) is 19.0 Å². The van der Waals surface area contributed by atoms with E-state index in [-0.39, 0.29) is 29.9 Å².